The molecule has 0 heterocycles. The van der Waals surface area contributed by atoms with Gasteiger partial charge in [0.1, 0.15) is 0 Å². The van der Waals surface area contributed by atoms with Crippen LogP contribution in [0, 0.1) is 0 Å². The Bertz CT molecular complexity index is 1290. The number of amides is 1. The number of esters is 1. The highest BCUT2D eigenvalue weighted by atomic mass is 16.5. The molecular formula is C71H133NO5. The number of carbonyl (C=O) groups excluding carboxylic acids is 2. The van der Waals surface area contributed by atoms with Crippen LogP contribution >= 0.6 is 0 Å². The molecule has 0 aliphatic carbocycles. The third-order valence-corrected chi connectivity index (χ3v) is 15.8. The normalized spacial score (nSPS) is 12.8. The number of unbranched alkanes of at least 4 members (excludes halogenated alkanes) is 45. The monoisotopic (exact) mass is 1080 g/mol. The van der Waals surface area contributed by atoms with Gasteiger partial charge >= 0.3 is 5.97 Å². The molecule has 0 saturated heterocycles. The Hall–Kier alpha value is -2.18. The third kappa shape index (κ3) is 62.9. The standard InChI is InChI=1S/C71H133NO5/c1-3-5-7-9-11-13-15-17-18-19-33-36-40-43-47-51-55-59-63-69(74)68(67-73)72-70(75)64-60-56-52-48-44-41-37-34-31-29-27-25-23-21-20-22-24-26-28-30-32-35-38-42-46-50-54-58-62-66-77-71(76)65-61-57-53-49-45-39-16-14-12-10-8-6-4-2/h8,10,14,16,20,22,26,28,68-69,73-74H,3-7,9,11-13,15,17-19,21,23-25,27,29-67H2,1-2H3,(H,72,75)/b10-8-,16-14-,22-20-,28-26-. The molecule has 1 amide bonds. The van der Waals surface area contributed by atoms with Crippen molar-refractivity contribution in [1.82, 2.24) is 5.32 Å². The lowest BCUT2D eigenvalue weighted by Gasteiger charge is -2.22. The molecule has 0 saturated carbocycles. The van der Waals surface area contributed by atoms with Crippen LogP contribution in [0.15, 0.2) is 48.6 Å². The topological polar surface area (TPSA) is 95.9 Å². The smallest absolute Gasteiger partial charge is 0.305 e. The van der Waals surface area contributed by atoms with E-state index in [1.165, 1.54) is 276 Å². The van der Waals surface area contributed by atoms with E-state index in [0.717, 1.165) is 57.8 Å². The summed E-state index contributed by atoms with van der Waals surface area (Å²) < 4.78 is 5.47. The maximum atomic E-state index is 12.5. The first-order chi connectivity index (χ1) is 38.0. The zero-order chi connectivity index (χ0) is 55.7. The second-order valence-electron chi connectivity index (χ2n) is 23.5. The van der Waals surface area contributed by atoms with E-state index in [1.807, 2.05) is 0 Å². The third-order valence-electron chi connectivity index (χ3n) is 15.8. The van der Waals surface area contributed by atoms with Gasteiger partial charge in [0.15, 0.2) is 0 Å². The van der Waals surface area contributed by atoms with Crippen LogP contribution in [0.5, 0.6) is 0 Å². The first-order valence-corrected chi connectivity index (χ1v) is 34.4. The summed E-state index contributed by atoms with van der Waals surface area (Å²) >= 11 is 0. The molecule has 0 aliphatic rings. The van der Waals surface area contributed by atoms with E-state index in [4.69, 9.17) is 4.74 Å². The minimum Gasteiger partial charge on any atom is -0.466 e. The molecule has 0 rings (SSSR count). The molecule has 6 heteroatoms. The molecule has 6 nitrogen and oxygen atoms in total. The van der Waals surface area contributed by atoms with Crippen molar-refractivity contribution in [3.05, 3.63) is 48.6 Å². The van der Waals surface area contributed by atoms with Gasteiger partial charge in [0, 0.05) is 12.8 Å². The molecule has 2 unspecified atom stereocenters. The Balaban J connectivity index is 3.41. The Morgan fingerprint density at radius 1 is 0.364 bits per heavy atom. The quantitative estimate of drug-likeness (QED) is 0.0320. The van der Waals surface area contributed by atoms with Crippen LogP contribution in [-0.2, 0) is 14.3 Å². The number of nitrogens with one attached hydrogen (secondary N) is 1. The van der Waals surface area contributed by atoms with Gasteiger partial charge in [0.25, 0.3) is 0 Å². The zero-order valence-electron chi connectivity index (χ0n) is 51.7. The van der Waals surface area contributed by atoms with Crippen molar-refractivity contribution >= 4 is 11.9 Å². The Morgan fingerprint density at radius 2 is 0.675 bits per heavy atom. The first-order valence-electron chi connectivity index (χ1n) is 34.4. The SMILES string of the molecule is CCC/C=C\C/C=C\CCCCCCCC(=O)OCCCCCCCCCCC/C=C\C/C=C\CCCCCCCCCCCCCCCC(=O)NC(CO)C(O)CCCCCCCCCCCCCCCCCCCC. The fraction of sp³-hybridized carbons (Fsp3) is 0.859. The molecule has 0 radical (unpaired) electrons. The fourth-order valence-corrected chi connectivity index (χ4v) is 10.6. The van der Waals surface area contributed by atoms with Crippen molar-refractivity contribution < 1.29 is 24.5 Å². The molecule has 2 atom stereocenters. The largest absolute Gasteiger partial charge is 0.466 e. The van der Waals surface area contributed by atoms with Crippen LogP contribution in [-0.4, -0.2) is 47.4 Å². The van der Waals surface area contributed by atoms with Crippen molar-refractivity contribution in [2.24, 2.45) is 0 Å². The number of aliphatic hydroxyl groups excluding tert-OH is 2. The summed E-state index contributed by atoms with van der Waals surface area (Å²) in [6.45, 7) is 4.90. The highest BCUT2D eigenvalue weighted by Crippen LogP contribution is 2.18. The second-order valence-corrected chi connectivity index (χ2v) is 23.5. The summed E-state index contributed by atoms with van der Waals surface area (Å²) in [6, 6.07) is -0.543. The van der Waals surface area contributed by atoms with Gasteiger partial charge in [-0.25, -0.2) is 0 Å². The van der Waals surface area contributed by atoms with Gasteiger partial charge in [0.05, 0.1) is 25.4 Å². The van der Waals surface area contributed by atoms with Gasteiger partial charge in [-0.3, -0.25) is 9.59 Å². The van der Waals surface area contributed by atoms with Gasteiger partial charge in [-0.1, -0.05) is 319 Å². The van der Waals surface area contributed by atoms with Crippen LogP contribution in [0.2, 0.25) is 0 Å². The number of ether oxygens (including phenoxy) is 1. The van der Waals surface area contributed by atoms with Gasteiger partial charge in [-0.2, -0.15) is 0 Å². The molecule has 0 spiro atoms. The summed E-state index contributed by atoms with van der Waals surface area (Å²) in [4.78, 5) is 24.6. The lowest BCUT2D eigenvalue weighted by atomic mass is 10.0. The molecule has 3 N–H and O–H groups in total. The van der Waals surface area contributed by atoms with Crippen LogP contribution < -0.4 is 5.32 Å². The van der Waals surface area contributed by atoms with Gasteiger partial charge in [-0.15, -0.1) is 0 Å². The Morgan fingerprint density at radius 3 is 1.04 bits per heavy atom. The van der Waals surface area contributed by atoms with E-state index in [2.05, 4.69) is 67.8 Å². The highest BCUT2D eigenvalue weighted by molar-refractivity contribution is 5.76. The number of hydrogen-bond acceptors (Lipinski definition) is 5. The first kappa shape index (κ1) is 74.8. The Labute approximate surface area is 480 Å². The van der Waals surface area contributed by atoms with Crippen molar-refractivity contribution in [2.45, 2.75) is 379 Å². The molecular weight excluding hydrogens is 947 g/mol. The lowest BCUT2D eigenvalue weighted by Crippen LogP contribution is -2.45. The summed E-state index contributed by atoms with van der Waals surface area (Å²) in [6.07, 6.45) is 85.8. The fourth-order valence-electron chi connectivity index (χ4n) is 10.6. The number of allylic oxidation sites excluding steroid dienone is 8. The van der Waals surface area contributed by atoms with Crippen molar-refractivity contribution in [2.75, 3.05) is 13.2 Å². The maximum absolute atomic E-state index is 12.5. The van der Waals surface area contributed by atoms with E-state index < -0.39 is 12.1 Å². The predicted octanol–water partition coefficient (Wildman–Crippen LogP) is 22.1. The summed E-state index contributed by atoms with van der Waals surface area (Å²) in [5.74, 6) is -0.0367. The maximum Gasteiger partial charge on any atom is 0.305 e. The number of aliphatic hydroxyl groups is 2. The average molecular weight is 1080 g/mol. The highest BCUT2D eigenvalue weighted by Gasteiger charge is 2.20. The van der Waals surface area contributed by atoms with Crippen LogP contribution in [0.4, 0.5) is 0 Å². The number of rotatable bonds is 64. The van der Waals surface area contributed by atoms with E-state index in [9.17, 15) is 19.8 Å². The van der Waals surface area contributed by atoms with Crippen molar-refractivity contribution in [3.63, 3.8) is 0 Å². The number of hydrogen-bond donors (Lipinski definition) is 3. The molecule has 0 fully saturated rings. The van der Waals surface area contributed by atoms with Crippen LogP contribution in [0.25, 0.3) is 0 Å². The minimum atomic E-state index is -0.666. The van der Waals surface area contributed by atoms with Crippen molar-refractivity contribution in [1.29, 1.82) is 0 Å². The molecule has 0 aromatic heterocycles. The molecule has 0 aromatic rings. The minimum absolute atomic E-state index is 0.00339. The average Bonchev–Trinajstić information content (AvgIpc) is 3.43. The zero-order valence-corrected chi connectivity index (χ0v) is 51.7. The molecule has 0 bridgehead atoms. The second kappa shape index (κ2) is 66.3. The van der Waals surface area contributed by atoms with E-state index in [0.29, 0.717) is 25.9 Å². The lowest BCUT2D eigenvalue weighted by molar-refractivity contribution is -0.143. The summed E-state index contributed by atoms with van der Waals surface area (Å²) in [5.41, 5.74) is 0. The van der Waals surface area contributed by atoms with E-state index >= 15 is 0 Å². The molecule has 452 valence electrons. The predicted molar refractivity (Wildman–Crippen MR) is 338 cm³/mol. The summed E-state index contributed by atoms with van der Waals surface area (Å²) in [5, 5.41) is 23.4. The Kier molecular flexibility index (Phi) is 64.5. The van der Waals surface area contributed by atoms with Crippen LogP contribution in [0.1, 0.15) is 367 Å². The van der Waals surface area contributed by atoms with E-state index in [-0.39, 0.29) is 18.5 Å². The molecule has 0 aliphatic heterocycles. The van der Waals surface area contributed by atoms with Gasteiger partial charge in [0.2, 0.25) is 5.91 Å². The van der Waals surface area contributed by atoms with Gasteiger partial charge in [-0.05, 0) is 83.5 Å². The van der Waals surface area contributed by atoms with E-state index in [1.54, 1.807) is 0 Å². The van der Waals surface area contributed by atoms with Crippen molar-refractivity contribution in [3.8, 4) is 0 Å². The molecule has 0 aromatic carbocycles. The number of carbonyl (C=O) groups is 2. The summed E-state index contributed by atoms with van der Waals surface area (Å²) in [7, 11) is 0. The molecule has 77 heavy (non-hydrogen) atoms. The van der Waals surface area contributed by atoms with Crippen LogP contribution in [0.3, 0.4) is 0 Å². The van der Waals surface area contributed by atoms with Gasteiger partial charge < -0.3 is 20.3 Å².